The molecule has 1 saturated carbocycles. The van der Waals surface area contributed by atoms with Crippen molar-refractivity contribution in [1.29, 1.82) is 0 Å². The van der Waals surface area contributed by atoms with Gasteiger partial charge >= 0.3 is 9.28 Å². The third kappa shape index (κ3) is 3.07. The Kier molecular flexibility index (Phi) is 5.13. The van der Waals surface area contributed by atoms with Crippen LogP contribution in [-0.4, -0.2) is 23.5 Å². The lowest BCUT2D eigenvalue weighted by molar-refractivity contribution is 0.222. The molecule has 0 saturated heterocycles. The molecule has 1 aliphatic rings. The first kappa shape index (κ1) is 12.2. The van der Waals surface area contributed by atoms with E-state index >= 15 is 0 Å². The summed E-state index contributed by atoms with van der Waals surface area (Å²) in [4.78, 5) is 0. The minimum Gasteiger partial charge on any atom is -0.400 e. The molecule has 1 rings (SSSR count). The highest BCUT2D eigenvalue weighted by atomic mass is 28.3. The molecule has 1 unspecified atom stereocenters. The molecule has 3 heteroatoms. The Morgan fingerprint density at radius 1 is 1.07 bits per heavy atom. The number of hydrogen-bond donors (Lipinski definition) is 0. The quantitative estimate of drug-likeness (QED) is 0.673. The summed E-state index contributed by atoms with van der Waals surface area (Å²) >= 11 is 0. The first-order valence-electron chi connectivity index (χ1n) is 5.74. The maximum atomic E-state index is 5.46. The van der Waals surface area contributed by atoms with E-state index in [0.29, 0.717) is 5.54 Å². The Balaban J connectivity index is 2.39. The predicted octanol–water partition coefficient (Wildman–Crippen LogP) is 2.72. The Bertz CT molecular complexity index is 151. The van der Waals surface area contributed by atoms with Gasteiger partial charge in [-0.3, -0.25) is 0 Å². The van der Waals surface area contributed by atoms with Crippen LogP contribution in [0.4, 0.5) is 0 Å². The van der Waals surface area contributed by atoms with Gasteiger partial charge in [0.05, 0.1) is 0 Å². The molecule has 0 bridgehead atoms. The van der Waals surface area contributed by atoms with Gasteiger partial charge in [-0.15, -0.1) is 0 Å². The molecular weight excluding hydrogens is 192 g/mol. The monoisotopic (exact) mass is 216 g/mol. The van der Waals surface area contributed by atoms with E-state index in [1.165, 1.54) is 25.7 Å². The van der Waals surface area contributed by atoms with E-state index in [9.17, 15) is 0 Å². The van der Waals surface area contributed by atoms with Crippen molar-refractivity contribution in [2.75, 3.05) is 14.2 Å². The van der Waals surface area contributed by atoms with Crippen LogP contribution in [0, 0.1) is 11.8 Å². The van der Waals surface area contributed by atoms with Crippen LogP contribution in [0.1, 0.15) is 39.5 Å². The Morgan fingerprint density at radius 3 is 2.00 bits per heavy atom. The molecule has 0 amide bonds. The van der Waals surface area contributed by atoms with E-state index in [4.69, 9.17) is 8.85 Å². The van der Waals surface area contributed by atoms with Crippen molar-refractivity contribution < 1.29 is 8.85 Å². The van der Waals surface area contributed by atoms with Crippen LogP contribution in [0.2, 0.25) is 5.54 Å². The first-order chi connectivity index (χ1) is 6.69. The molecule has 1 fully saturated rings. The van der Waals surface area contributed by atoms with Crippen LogP contribution in [0.15, 0.2) is 0 Å². The average molecular weight is 216 g/mol. The fraction of sp³-hybridized carbons (Fsp3) is 1.00. The van der Waals surface area contributed by atoms with E-state index < -0.39 is 9.28 Å². The van der Waals surface area contributed by atoms with Crippen LogP contribution in [0.25, 0.3) is 0 Å². The van der Waals surface area contributed by atoms with Crippen molar-refractivity contribution >= 4 is 9.28 Å². The van der Waals surface area contributed by atoms with Crippen LogP contribution in [0.3, 0.4) is 0 Å². The highest BCUT2D eigenvalue weighted by Gasteiger charge is 2.30. The highest BCUT2D eigenvalue weighted by molar-refractivity contribution is 6.46. The second-order valence-corrected chi connectivity index (χ2v) is 7.45. The fourth-order valence-electron chi connectivity index (χ4n) is 2.56. The first-order valence-corrected chi connectivity index (χ1v) is 7.35. The normalized spacial score (nSPS) is 30.6. The van der Waals surface area contributed by atoms with Gasteiger partial charge in [-0.2, -0.15) is 0 Å². The van der Waals surface area contributed by atoms with Gasteiger partial charge in [-0.05, 0) is 17.4 Å². The van der Waals surface area contributed by atoms with Gasteiger partial charge in [0.15, 0.2) is 0 Å². The molecule has 84 valence electrons. The van der Waals surface area contributed by atoms with Crippen LogP contribution >= 0.6 is 0 Å². The fourth-order valence-corrected chi connectivity index (χ4v) is 4.44. The Morgan fingerprint density at radius 2 is 1.57 bits per heavy atom. The Hall–Kier alpha value is 0.137. The average Bonchev–Trinajstić information content (AvgIpc) is 2.20. The molecule has 1 atom stereocenters. The van der Waals surface area contributed by atoms with Crippen molar-refractivity contribution in [1.82, 2.24) is 0 Å². The highest BCUT2D eigenvalue weighted by Crippen LogP contribution is 2.37. The summed E-state index contributed by atoms with van der Waals surface area (Å²) in [6.45, 7) is 4.67. The summed E-state index contributed by atoms with van der Waals surface area (Å²) < 4.78 is 10.9. The van der Waals surface area contributed by atoms with Gasteiger partial charge in [0, 0.05) is 14.2 Å². The third-order valence-corrected chi connectivity index (χ3v) is 6.03. The second-order valence-electron chi connectivity index (χ2n) is 4.72. The number of rotatable bonds is 4. The minimum absolute atomic E-state index is 0.664. The molecule has 0 aliphatic heterocycles. The van der Waals surface area contributed by atoms with E-state index in [0.717, 1.165) is 11.8 Å². The molecule has 0 heterocycles. The third-order valence-electron chi connectivity index (χ3n) is 3.70. The zero-order valence-electron chi connectivity index (χ0n) is 9.95. The molecule has 14 heavy (non-hydrogen) atoms. The van der Waals surface area contributed by atoms with Crippen molar-refractivity contribution in [3.05, 3.63) is 0 Å². The maximum absolute atomic E-state index is 5.46. The van der Waals surface area contributed by atoms with E-state index in [1.54, 1.807) is 14.2 Å². The second kappa shape index (κ2) is 5.88. The molecule has 1 aliphatic carbocycles. The van der Waals surface area contributed by atoms with Crippen molar-refractivity contribution in [3.63, 3.8) is 0 Å². The van der Waals surface area contributed by atoms with Gasteiger partial charge in [-0.25, -0.2) is 0 Å². The van der Waals surface area contributed by atoms with Gasteiger partial charge < -0.3 is 8.85 Å². The predicted molar refractivity (Wildman–Crippen MR) is 61.7 cm³/mol. The standard InChI is InChI=1S/C11H24O2Si/c1-9-5-7-11(8-6-9)10(2)14(12-3)13-4/h9-11,14H,5-8H2,1-4H3. The van der Waals surface area contributed by atoms with Crippen LogP contribution < -0.4 is 0 Å². The SMILES string of the molecule is CO[SiH](OC)C(C)C1CCC(C)CC1. The maximum Gasteiger partial charge on any atom is 0.324 e. The molecule has 2 nitrogen and oxygen atoms in total. The van der Waals surface area contributed by atoms with Gasteiger partial charge in [-0.1, -0.05) is 39.5 Å². The summed E-state index contributed by atoms with van der Waals surface area (Å²) in [6.07, 6.45) is 5.53. The molecule has 0 aromatic rings. The lowest BCUT2D eigenvalue weighted by Gasteiger charge is -2.32. The molecule has 0 aromatic carbocycles. The van der Waals surface area contributed by atoms with Gasteiger partial charge in [0.25, 0.3) is 0 Å². The Labute approximate surface area is 89.8 Å². The summed E-state index contributed by atoms with van der Waals surface area (Å²) in [5, 5.41) is 0. The largest absolute Gasteiger partial charge is 0.400 e. The molecule has 0 radical (unpaired) electrons. The van der Waals surface area contributed by atoms with Gasteiger partial charge in [0.2, 0.25) is 0 Å². The molecule has 0 aromatic heterocycles. The van der Waals surface area contributed by atoms with Crippen LogP contribution in [-0.2, 0) is 8.85 Å². The zero-order valence-corrected chi connectivity index (χ0v) is 11.1. The summed E-state index contributed by atoms with van der Waals surface area (Å²) in [5.41, 5.74) is 0.664. The summed E-state index contributed by atoms with van der Waals surface area (Å²) in [6, 6.07) is 0. The van der Waals surface area contributed by atoms with Gasteiger partial charge in [0.1, 0.15) is 0 Å². The van der Waals surface area contributed by atoms with Crippen molar-refractivity contribution in [2.45, 2.75) is 45.1 Å². The molecule has 0 N–H and O–H groups in total. The topological polar surface area (TPSA) is 18.5 Å². The minimum atomic E-state index is -1.38. The molecule has 0 spiro atoms. The molecular formula is C11H24O2Si. The van der Waals surface area contributed by atoms with E-state index in [1.807, 2.05) is 0 Å². The van der Waals surface area contributed by atoms with Crippen molar-refractivity contribution in [3.8, 4) is 0 Å². The lowest BCUT2D eigenvalue weighted by atomic mass is 9.81. The van der Waals surface area contributed by atoms with Crippen molar-refractivity contribution in [2.24, 2.45) is 11.8 Å². The number of hydrogen-bond acceptors (Lipinski definition) is 2. The summed E-state index contributed by atoms with van der Waals surface area (Å²) in [7, 11) is 2.21. The zero-order chi connectivity index (χ0) is 10.6. The van der Waals surface area contributed by atoms with Crippen LogP contribution in [0.5, 0.6) is 0 Å². The lowest BCUT2D eigenvalue weighted by Crippen LogP contribution is -2.31. The van der Waals surface area contributed by atoms with E-state index in [2.05, 4.69) is 13.8 Å². The smallest absolute Gasteiger partial charge is 0.324 e. The summed E-state index contributed by atoms with van der Waals surface area (Å²) in [5.74, 6) is 1.78. The van der Waals surface area contributed by atoms with E-state index in [-0.39, 0.29) is 0 Å².